The Morgan fingerprint density at radius 1 is 0.725 bits per heavy atom. The molecule has 0 spiro atoms. The highest BCUT2D eigenvalue weighted by molar-refractivity contribution is 6.12. The Balaban J connectivity index is 1.46. The molecule has 6 rings (SSSR count). The van der Waals surface area contributed by atoms with Gasteiger partial charge in [-0.15, -0.1) is 0 Å². The Bertz CT molecular complexity index is 1940. The number of aromatic nitrogens is 1. The maximum atomic E-state index is 10.3. The molecule has 2 heterocycles. The molecule has 0 saturated carbocycles. The summed E-state index contributed by atoms with van der Waals surface area (Å²) in [6.45, 7) is 10.9. The minimum absolute atomic E-state index is 0.128. The predicted octanol–water partition coefficient (Wildman–Crippen LogP) is 9.20. The number of furan rings is 1. The molecular weight excluding hydrogens is 488 g/mol. The van der Waals surface area contributed by atoms with Crippen LogP contribution in [0.3, 0.4) is 0 Å². The first-order chi connectivity index (χ1) is 19.2. The van der Waals surface area contributed by atoms with Crippen molar-refractivity contribution in [2.24, 2.45) is 7.05 Å². The van der Waals surface area contributed by atoms with Gasteiger partial charge in [0.2, 0.25) is 5.69 Å². The predicted molar refractivity (Wildman–Crippen MR) is 164 cm³/mol. The van der Waals surface area contributed by atoms with Gasteiger partial charge in [0, 0.05) is 28.5 Å². The molecule has 0 radical (unpaired) electrons. The average Bonchev–Trinajstić information content (AvgIpc) is 3.32. The quantitative estimate of drug-likeness (QED) is 0.218. The maximum Gasteiger partial charge on any atom is 0.216 e. The Hall–Kier alpha value is -4.68. The SMILES string of the molecule is Cc1cc[n+](C)c(-c2c(C)ccc3c2oc2c(C#N)c(-c4ccc(-c5ccc(C(C)(C)C)cc5)cc4)ccc23)c1. The number of hydrogen-bond donors (Lipinski definition) is 0. The fourth-order valence-electron chi connectivity index (χ4n) is 5.60. The van der Waals surface area contributed by atoms with E-state index < -0.39 is 0 Å². The molecule has 0 unspecified atom stereocenters. The molecule has 40 heavy (non-hydrogen) atoms. The Morgan fingerprint density at radius 2 is 1.32 bits per heavy atom. The normalized spacial score (nSPS) is 11.7. The van der Waals surface area contributed by atoms with Crippen molar-refractivity contribution in [3.63, 3.8) is 0 Å². The summed E-state index contributed by atoms with van der Waals surface area (Å²) in [4.78, 5) is 0. The largest absolute Gasteiger partial charge is 0.454 e. The van der Waals surface area contributed by atoms with Crippen LogP contribution in [-0.4, -0.2) is 0 Å². The minimum atomic E-state index is 0.128. The molecule has 4 aromatic carbocycles. The van der Waals surface area contributed by atoms with Gasteiger partial charge in [0.25, 0.3) is 0 Å². The molecule has 3 heteroatoms. The lowest BCUT2D eigenvalue weighted by Crippen LogP contribution is -2.30. The first-order valence-corrected chi connectivity index (χ1v) is 13.7. The molecule has 196 valence electrons. The number of aryl methyl sites for hydroxylation is 3. The van der Waals surface area contributed by atoms with Gasteiger partial charge in [-0.05, 0) is 58.7 Å². The van der Waals surface area contributed by atoms with E-state index in [9.17, 15) is 5.26 Å². The number of hydrogen-bond acceptors (Lipinski definition) is 2. The van der Waals surface area contributed by atoms with Crippen LogP contribution < -0.4 is 4.57 Å². The van der Waals surface area contributed by atoms with Gasteiger partial charge in [0.15, 0.2) is 11.8 Å². The lowest BCUT2D eigenvalue weighted by atomic mass is 9.86. The third-order valence-corrected chi connectivity index (χ3v) is 7.97. The summed E-state index contributed by atoms with van der Waals surface area (Å²) in [6.07, 6.45) is 2.08. The monoisotopic (exact) mass is 521 g/mol. The van der Waals surface area contributed by atoms with Crippen LogP contribution >= 0.6 is 0 Å². The van der Waals surface area contributed by atoms with Crippen molar-refractivity contribution in [1.82, 2.24) is 0 Å². The van der Waals surface area contributed by atoms with Crippen molar-refractivity contribution in [1.29, 1.82) is 5.26 Å². The van der Waals surface area contributed by atoms with Crippen LogP contribution in [0.15, 0.2) is 95.5 Å². The van der Waals surface area contributed by atoms with Gasteiger partial charge in [-0.3, -0.25) is 0 Å². The van der Waals surface area contributed by atoms with Gasteiger partial charge in [-0.25, -0.2) is 4.57 Å². The van der Waals surface area contributed by atoms with Gasteiger partial charge < -0.3 is 4.42 Å². The second kappa shape index (κ2) is 9.50. The van der Waals surface area contributed by atoms with Crippen LogP contribution in [0.2, 0.25) is 0 Å². The van der Waals surface area contributed by atoms with E-state index in [4.69, 9.17) is 4.42 Å². The first kappa shape index (κ1) is 25.6. The van der Waals surface area contributed by atoms with E-state index in [1.165, 1.54) is 16.7 Å². The number of nitriles is 1. The average molecular weight is 522 g/mol. The van der Waals surface area contributed by atoms with Crippen molar-refractivity contribution in [2.45, 2.75) is 40.0 Å². The van der Waals surface area contributed by atoms with E-state index in [2.05, 4.69) is 143 Å². The fourth-order valence-corrected chi connectivity index (χ4v) is 5.60. The number of nitrogens with zero attached hydrogens (tertiary/aromatic N) is 2. The van der Waals surface area contributed by atoms with E-state index in [-0.39, 0.29) is 5.41 Å². The Morgan fingerprint density at radius 3 is 1.98 bits per heavy atom. The van der Waals surface area contributed by atoms with Crippen LogP contribution in [-0.2, 0) is 12.5 Å². The molecule has 2 aromatic heterocycles. The molecule has 0 atom stereocenters. The lowest BCUT2D eigenvalue weighted by Gasteiger charge is -2.19. The standard InChI is InChI=1S/C37H33N2O/c1-23-19-20-39(6)33(21-23)34-24(2)7-16-31-30-18-17-29(32(22-38)35(30)40-36(31)34)27-10-8-25(9-11-27)26-12-14-28(15-13-26)37(3,4)5/h7-21H,1-6H3/q+1. The van der Waals surface area contributed by atoms with Crippen LogP contribution in [0.1, 0.15) is 43.0 Å². The summed E-state index contributed by atoms with van der Waals surface area (Å²) in [7, 11) is 2.05. The van der Waals surface area contributed by atoms with Gasteiger partial charge >= 0.3 is 0 Å². The van der Waals surface area contributed by atoms with Crippen LogP contribution in [0.4, 0.5) is 0 Å². The van der Waals surface area contributed by atoms with Gasteiger partial charge in [-0.2, -0.15) is 5.26 Å². The molecule has 0 bridgehead atoms. The Kier molecular flexibility index (Phi) is 6.08. The van der Waals surface area contributed by atoms with Gasteiger partial charge in [-0.1, -0.05) is 87.5 Å². The number of rotatable bonds is 3. The first-order valence-electron chi connectivity index (χ1n) is 13.7. The van der Waals surface area contributed by atoms with E-state index >= 15 is 0 Å². The second-order valence-electron chi connectivity index (χ2n) is 11.8. The molecule has 0 aliphatic heterocycles. The number of benzene rings is 4. The van der Waals surface area contributed by atoms with E-state index in [1.807, 2.05) is 0 Å². The van der Waals surface area contributed by atoms with Gasteiger partial charge in [0.05, 0.1) is 5.56 Å². The summed E-state index contributed by atoms with van der Waals surface area (Å²) in [5.74, 6) is 0. The molecule has 6 aromatic rings. The van der Waals surface area contributed by atoms with Crippen molar-refractivity contribution in [2.75, 3.05) is 0 Å². The summed E-state index contributed by atoms with van der Waals surface area (Å²) in [6, 6.07) is 32.4. The van der Waals surface area contributed by atoms with Crippen molar-refractivity contribution in [3.05, 3.63) is 113 Å². The summed E-state index contributed by atoms with van der Waals surface area (Å²) < 4.78 is 8.72. The lowest BCUT2D eigenvalue weighted by molar-refractivity contribution is -0.660. The maximum absolute atomic E-state index is 10.3. The van der Waals surface area contributed by atoms with E-state index in [1.54, 1.807) is 0 Å². The second-order valence-corrected chi connectivity index (χ2v) is 11.8. The molecular formula is C37H33N2O+. The molecule has 0 N–H and O–H groups in total. The minimum Gasteiger partial charge on any atom is -0.454 e. The summed E-state index contributed by atoms with van der Waals surface area (Å²) in [5.41, 5.74) is 12.2. The summed E-state index contributed by atoms with van der Waals surface area (Å²) >= 11 is 0. The zero-order valence-corrected chi connectivity index (χ0v) is 24.0. The molecule has 0 amide bonds. The van der Waals surface area contributed by atoms with Crippen LogP contribution in [0, 0.1) is 25.2 Å². The van der Waals surface area contributed by atoms with Crippen LogP contribution in [0.5, 0.6) is 0 Å². The molecule has 0 aliphatic carbocycles. The highest BCUT2D eigenvalue weighted by Crippen LogP contribution is 2.41. The van der Waals surface area contributed by atoms with Crippen molar-refractivity contribution < 1.29 is 8.98 Å². The molecule has 0 saturated heterocycles. The third-order valence-electron chi connectivity index (χ3n) is 7.97. The molecule has 0 aliphatic rings. The molecule has 3 nitrogen and oxygen atoms in total. The zero-order chi connectivity index (χ0) is 28.2. The number of fused-ring (bicyclic) bond motifs is 3. The van der Waals surface area contributed by atoms with Gasteiger partial charge in [0.1, 0.15) is 24.3 Å². The topological polar surface area (TPSA) is 40.8 Å². The van der Waals surface area contributed by atoms with Crippen molar-refractivity contribution >= 4 is 21.9 Å². The Labute approximate surface area is 236 Å². The summed E-state index contributed by atoms with van der Waals surface area (Å²) in [5, 5.41) is 12.3. The fraction of sp³-hybridized carbons (Fsp3) is 0.189. The smallest absolute Gasteiger partial charge is 0.216 e. The highest BCUT2D eigenvalue weighted by atomic mass is 16.3. The van der Waals surface area contributed by atoms with E-state index in [0.29, 0.717) is 11.1 Å². The number of pyridine rings is 1. The zero-order valence-electron chi connectivity index (χ0n) is 24.0. The highest BCUT2D eigenvalue weighted by Gasteiger charge is 2.23. The van der Waals surface area contributed by atoms with E-state index in [0.717, 1.165) is 49.9 Å². The van der Waals surface area contributed by atoms with Crippen molar-refractivity contribution in [3.8, 4) is 39.6 Å². The molecule has 0 fully saturated rings. The third kappa shape index (κ3) is 4.27. The van der Waals surface area contributed by atoms with Crippen LogP contribution in [0.25, 0.3) is 55.4 Å².